The van der Waals surface area contributed by atoms with E-state index in [1.165, 1.54) is 7.05 Å². The zero-order chi connectivity index (χ0) is 18.6. The van der Waals surface area contributed by atoms with Crippen LogP contribution >= 0.6 is 11.3 Å². The van der Waals surface area contributed by atoms with Gasteiger partial charge in [0, 0.05) is 25.6 Å². The van der Waals surface area contributed by atoms with E-state index in [-0.39, 0.29) is 17.8 Å². The zero-order valence-corrected chi connectivity index (χ0v) is 15.1. The quantitative estimate of drug-likeness (QED) is 0.758. The van der Waals surface area contributed by atoms with Crippen molar-refractivity contribution in [1.82, 2.24) is 14.7 Å². The van der Waals surface area contributed by atoms with E-state index in [1.807, 2.05) is 0 Å². The van der Waals surface area contributed by atoms with Gasteiger partial charge in [0.15, 0.2) is 0 Å². The van der Waals surface area contributed by atoms with Gasteiger partial charge in [-0.1, -0.05) is 0 Å². The first-order chi connectivity index (χ1) is 12.2. The van der Waals surface area contributed by atoms with Crippen molar-refractivity contribution in [3.63, 3.8) is 0 Å². The van der Waals surface area contributed by atoms with E-state index in [0.29, 0.717) is 15.8 Å². The number of aromatic nitrogens is 2. The number of carbonyl (C=O) groups is 1. The molecule has 4 rings (SSSR count). The SMILES string of the molecule is CN1C2CCC1C(OC(=O)c1ccc(-c3cc(C(F)(F)F)n(C)n3)s1)C2. The van der Waals surface area contributed by atoms with Gasteiger partial charge in [-0.05, 0) is 38.1 Å². The molecule has 0 aliphatic carbocycles. The van der Waals surface area contributed by atoms with Crippen molar-refractivity contribution >= 4 is 17.3 Å². The molecular weight excluding hydrogens is 367 g/mol. The third kappa shape index (κ3) is 2.92. The maximum Gasteiger partial charge on any atom is 0.433 e. The molecule has 26 heavy (non-hydrogen) atoms. The second kappa shape index (κ2) is 6.09. The van der Waals surface area contributed by atoms with Crippen LogP contribution in [-0.2, 0) is 18.0 Å². The van der Waals surface area contributed by atoms with Gasteiger partial charge in [-0.15, -0.1) is 11.3 Å². The molecule has 9 heteroatoms. The summed E-state index contributed by atoms with van der Waals surface area (Å²) >= 11 is 1.10. The Kier molecular flexibility index (Phi) is 4.11. The van der Waals surface area contributed by atoms with Crippen molar-refractivity contribution in [2.24, 2.45) is 7.05 Å². The number of nitrogens with zero attached hydrogens (tertiary/aromatic N) is 3. The monoisotopic (exact) mass is 385 g/mol. The summed E-state index contributed by atoms with van der Waals surface area (Å²) in [6, 6.07) is 4.93. The molecule has 2 fully saturated rings. The van der Waals surface area contributed by atoms with Crippen LogP contribution in [-0.4, -0.2) is 45.9 Å². The van der Waals surface area contributed by atoms with Crippen LogP contribution in [0.1, 0.15) is 34.6 Å². The Hall–Kier alpha value is -1.87. The largest absolute Gasteiger partial charge is 0.456 e. The Morgan fingerprint density at radius 2 is 2.08 bits per heavy atom. The highest BCUT2D eigenvalue weighted by atomic mass is 32.1. The van der Waals surface area contributed by atoms with Gasteiger partial charge in [0.05, 0.1) is 4.88 Å². The third-order valence-corrected chi connectivity index (χ3v) is 6.40. The van der Waals surface area contributed by atoms with Crippen LogP contribution in [0, 0.1) is 0 Å². The predicted molar refractivity (Wildman–Crippen MR) is 89.9 cm³/mol. The molecule has 0 saturated carbocycles. The van der Waals surface area contributed by atoms with E-state index in [9.17, 15) is 18.0 Å². The maximum atomic E-state index is 12.9. The first kappa shape index (κ1) is 17.5. The molecule has 3 unspecified atom stereocenters. The zero-order valence-electron chi connectivity index (χ0n) is 14.3. The molecule has 0 spiro atoms. The first-order valence-electron chi connectivity index (χ1n) is 8.38. The van der Waals surface area contributed by atoms with Crippen molar-refractivity contribution in [2.45, 2.75) is 43.6 Å². The van der Waals surface area contributed by atoms with Gasteiger partial charge in [0.2, 0.25) is 0 Å². The highest BCUT2D eigenvalue weighted by Gasteiger charge is 2.46. The second-order valence-electron chi connectivity index (χ2n) is 6.84. The van der Waals surface area contributed by atoms with E-state index >= 15 is 0 Å². The number of ether oxygens (including phenoxy) is 1. The summed E-state index contributed by atoms with van der Waals surface area (Å²) in [4.78, 5) is 15.6. The highest BCUT2D eigenvalue weighted by molar-refractivity contribution is 7.17. The number of alkyl halides is 3. The molecule has 2 bridgehead atoms. The van der Waals surface area contributed by atoms with Gasteiger partial charge < -0.3 is 4.74 Å². The number of carbonyl (C=O) groups excluding carboxylic acids is 1. The Labute approximate surface area is 152 Å². The van der Waals surface area contributed by atoms with Gasteiger partial charge in [-0.25, -0.2) is 4.79 Å². The van der Waals surface area contributed by atoms with E-state index in [2.05, 4.69) is 17.0 Å². The number of thiophene rings is 1. The van der Waals surface area contributed by atoms with Crippen LogP contribution < -0.4 is 0 Å². The lowest BCUT2D eigenvalue weighted by molar-refractivity contribution is -0.143. The maximum absolute atomic E-state index is 12.9. The molecule has 4 heterocycles. The first-order valence-corrected chi connectivity index (χ1v) is 9.20. The molecule has 0 amide bonds. The summed E-state index contributed by atoms with van der Waals surface area (Å²) in [6.45, 7) is 0. The van der Waals surface area contributed by atoms with Crippen molar-refractivity contribution in [1.29, 1.82) is 0 Å². The van der Waals surface area contributed by atoms with Crippen molar-refractivity contribution < 1.29 is 22.7 Å². The fraction of sp³-hybridized carbons (Fsp3) is 0.529. The van der Waals surface area contributed by atoms with Crippen LogP contribution in [0.3, 0.4) is 0 Å². The molecule has 2 aliphatic rings. The van der Waals surface area contributed by atoms with Crippen molar-refractivity contribution in [3.8, 4) is 10.6 Å². The Morgan fingerprint density at radius 3 is 2.65 bits per heavy atom. The molecule has 2 aliphatic heterocycles. The molecule has 5 nitrogen and oxygen atoms in total. The molecular formula is C17H18F3N3O2S. The molecule has 0 N–H and O–H groups in total. The summed E-state index contributed by atoms with van der Waals surface area (Å²) < 4.78 is 45.2. The number of hydrogen-bond donors (Lipinski definition) is 0. The Balaban J connectivity index is 1.49. The number of rotatable bonds is 3. The predicted octanol–water partition coefficient (Wildman–Crippen LogP) is 3.56. The number of hydrogen-bond acceptors (Lipinski definition) is 5. The third-order valence-electron chi connectivity index (χ3n) is 5.32. The van der Waals surface area contributed by atoms with E-state index in [0.717, 1.165) is 41.3 Å². The van der Waals surface area contributed by atoms with Crippen LogP contribution in [0.5, 0.6) is 0 Å². The van der Waals surface area contributed by atoms with Gasteiger partial charge >= 0.3 is 12.1 Å². The summed E-state index contributed by atoms with van der Waals surface area (Å²) in [5, 5.41) is 3.91. The normalized spacial score (nSPS) is 25.8. The number of esters is 1. The summed E-state index contributed by atoms with van der Waals surface area (Å²) in [5.74, 6) is -0.417. The molecule has 0 radical (unpaired) electrons. The average Bonchev–Trinajstić information content (AvgIpc) is 3.30. The van der Waals surface area contributed by atoms with Crippen LogP contribution in [0.15, 0.2) is 18.2 Å². The molecule has 0 aromatic carbocycles. The van der Waals surface area contributed by atoms with Crippen LogP contribution in [0.25, 0.3) is 10.6 Å². The van der Waals surface area contributed by atoms with Gasteiger partial charge in [0.1, 0.15) is 22.4 Å². The van der Waals surface area contributed by atoms with E-state index in [4.69, 9.17) is 4.74 Å². The summed E-state index contributed by atoms with van der Waals surface area (Å²) in [6.07, 6.45) is -1.56. The van der Waals surface area contributed by atoms with Crippen molar-refractivity contribution in [2.75, 3.05) is 7.05 Å². The Bertz CT molecular complexity index is 845. The minimum absolute atomic E-state index is 0.108. The average molecular weight is 385 g/mol. The molecule has 3 atom stereocenters. The summed E-state index contributed by atoms with van der Waals surface area (Å²) in [5.41, 5.74) is -0.626. The van der Waals surface area contributed by atoms with E-state index < -0.39 is 17.8 Å². The van der Waals surface area contributed by atoms with Crippen LogP contribution in [0.4, 0.5) is 13.2 Å². The summed E-state index contributed by atoms with van der Waals surface area (Å²) in [7, 11) is 3.31. The standard InChI is InChI=1S/C17H18F3N3O2S/c1-22-9-3-4-11(22)12(7-9)25-16(24)14-6-5-13(26-14)10-8-15(17(18,19)20)23(2)21-10/h5-6,8-9,11-12H,3-4,7H2,1-2H3. The van der Waals surface area contributed by atoms with E-state index in [1.54, 1.807) is 12.1 Å². The molecule has 2 aromatic heterocycles. The molecule has 2 saturated heterocycles. The Morgan fingerprint density at radius 1 is 1.31 bits per heavy atom. The highest BCUT2D eigenvalue weighted by Crippen LogP contribution is 2.39. The van der Waals surface area contributed by atoms with Crippen LogP contribution in [0.2, 0.25) is 0 Å². The lowest BCUT2D eigenvalue weighted by Crippen LogP contribution is -2.32. The number of fused-ring (bicyclic) bond motifs is 2. The minimum Gasteiger partial charge on any atom is -0.456 e. The van der Waals surface area contributed by atoms with Gasteiger partial charge in [-0.3, -0.25) is 9.58 Å². The second-order valence-corrected chi connectivity index (χ2v) is 7.93. The van der Waals surface area contributed by atoms with Gasteiger partial charge in [0.25, 0.3) is 0 Å². The number of aryl methyl sites for hydroxylation is 1. The smallest absolute Gasteiger partial charge is 0.433 e. The fourth-order valence-corrected chi connectivity index (χ4v) is 4.80. The fourth-order valence-electron chi connectivity index (χ4n) is 3.96. The topological polar surface area (TPSA) is 47.4 Å². The minimum atomic E-state index is -4.47. The lowest BCUT2D eigenvalue weighted by Gasteiger charge is -2.21. The lowest BCUT2D eigenvalue weighted by atomic mass is 9.98. The molecule has 140 valence electrons. The van der Waals surface area contributed by atoms with Crippen molar-refractivity contribution in [3.05, 3.63) is 28.8 Å². The van der Waals surface area contributed by atoms with Gasteiger partial charge in [-0.2, -0.15) is 18.3 Å². The number of halogens is 3. The molecule has 2 aromatic rings. The number of likely N-dealkylation sites (N-methyl/N-ethyl adjacent to an activating group) is 1.